The van der Waals surface area contributed by atoms with Gasteiger partial charge in [-0.05, 0) is 50.8 Å². The molecule has 3 nitrogen and oxygen atoms in total. The van der Waals surface area contributed by atoms with Crippen LogP contribution in [0.5, 0.6) is 0 Å². The van der Waals surface area contributed by atoms with Gasteiger partial charge in [0.05, 0.1) is 6.10 Å². The molecule has 2 fully saturated rings. The maximum atomic E-state index is 12.9. The van der Waals surface area contributed by atoms with E-state index in [0.717, 1.165) is 24.6 Å². The molecule has 1 saturated carbocycles. The first kappa shape index (κ1) is 14.9. The average Bonchev–Trinajstić information content (AvgIpc) is 3.23. The third-order valence-electron chi connectivity index (χ3n) is 4.82. The van der Waals surface area contributed by atoms with Gasteiger partial charge in [0.2, 0.25) is 0 Å². The first-order chi connectivity index (χ1) is 10.0. The molecule has 1 aliphatic carbocycles. The zero-order valence-electron chi connectivity index (χ0n) is 12.8. The maximum absolute atomic E-state index is 12.9. The minimum atomic E-state index is -0.601. The van der Waals surface area contributed by atoms with E-state index in [1.165, 1.54) is 25.0 Å². The second-order valence-electron chi connectivity index (χ2n) is 6.66. The molecule has 4 unspecified atom stereocenters. The highest BCUT2D eigenvalue weighted by molar-refractivity contribution is 5.19. The Labute approximate surface area is 126 Å². The molecule has 21 heavy (non-hydrogen) atoms. The molecule has 1 aromatic rings. The Balaban J connectivity index is 1.56. The summed E-state index contributed by atoms with van der Waals surface area (Å²) in [6, 6.07) is 7.94. The van der Waals surface area contributed by atoms with Crippen molar-refractivity contribution in [2.24, 2.45) is 0 Å². The number of rotatable bonds is 5. The molecule has 1 saturated heterocycles. The van der Waals surface area contributed by atoms with Crippen molar-refractivity contribution in [2.75, 3.05) is 6.54 Å². The van der Waals surface area contributed by atoms with Crippen LogP contribution in [0, 0.1) is 5.82 Å². The summed E-state index contributed by atoms with van der Waals surface area (Å²) in [5.41, 5.74) is 0.765. The number of aliphatic hydroxyl groups is 1. The summed E-state index contributed by atoms with van der Waals surface area (Å²) < 4.78 is 12.9. The van der Waals surface area contributed by atoms with E-state index in [4.69, 9.17) is 0 Å². The average molecular weight is 292 g/mol. The van der Waals surface area contributed by atoms with E-state index in [9.17, 15) is 9.50 Å². The fourth-order valence-corrected chi connectivity index (χ4v) is 3.50. The molecule has 1 heterocycles. The number of nitrogens with one attached hydrogen (secondary N) is 1. The summed E-state index contributed by atoms with van der Waals surface area (Å²) in [5.74, 6) is -0.267. The predicted octanol–water partition coefficient (Wildman–Crippen LogP) is 2.46. The second kappa shape index (κ2) is 6.03. The molecule has 4 heteroatoms. The van der Waals surface area contributed by atoms with Gasteiger partial charge in [-0.2, -0.15) is 0 Å². The van der Waals surface area contributed by atoms with E-state index < -0.39 is 6.10 Å². The van der Waals surface area contributed by atoms with Crippen molar-refractivity contribution in [2.45, 2.75) is 63.4 Å². The Morgan fingerprint density at radius 2 is 1.95 bits per heavy atom. The van der Waals surface area contributed by atoms with Crippen LogP contribution in [0.25, 0.3) is 0 Å². The zero-order chi connectivity index (χ0) is 15.0. The minimum Gasteiger partial charge on any atom is -0.387 e. The van der Waals surface area contributed by atoms with Gasteiger partial charge in [0.25, 0.3) is 0 Å². The summed E-state index contributed by atoms with van der Waals surface area (Å²) in [6.07, 6.45) is 3.21. The lowest BCUT2D eigenvalue weighted by Crippen LogP contribution is -2.41. The number of halogens is 1. The van der Waals surface area contributed by atoms with Crippen molar-refractivity contribution in [3.63, 3.8) is 0 Å². The van der Waals surface area contributed by atoms with Crippen molar-refractivity contribution in [1.82, 2.24) is 10.2 Å². The molecule has 0 aromatic heterocycles. The summed E-state index contributed by atoms with van der Waals surface area (Å²) in [7, 11) is 0. The summed E-state index contributed by atoms with van der Waals surface area (Å²) in [6.45, 7) is 5.37. The molecular weight excluding hydrogens is 267 g/mol. The zero-order valence-corrected chi connectivity index (χ0v) is 12.8. The molecule has 0 spiro atoms. The number of nitrogens with zero attached hydrogens (tertiary/aromatic N) is 1. The van der Waals surface area contributed by atoms with Crippen molar-refractivity contribution in [3.8, 4) is 0 Å². The molecule has 4 atom stereocenters. The van der Waals surface area contributed by atoms with Gasteiger partial charge in [-0.25, -0.2) is 4.39 Å². The van der Waals surface area contributed by atoms with Crippen LogP contribution < -0.4 is 5.32 Å². The summed E-state index contributed by atoms with van der Waals surface area (Å²) >= 11 is 0. The molecule has 116 valence electrons. The molecule has 0 bridgehead atoms. The van der Waals surface area contributed by atoms with Crippen LogP contribution in [0.4, 0.5) is 4.39 Å². The fourth-order valence-electron chi connectivity index (χ4n) is 3.50. The Morgan fingerprint density at radius 1 is 1.29 bits per heavy atom. The van der Waals surface area contributed by atoms with Gasteiger partial charge in [0.1, 0.15) is 5.82 Å². The lowest BCUT2D eigenvalue weighted by molar-refractivity contribution is 0.129. The standard InChI is InChI=1S/C17H25FN2O/c1-11-9-15(10-20(11)16-7-8-16)19-12(2)17(21)13-3-5-14(18)6-4-13/h3-6,11-12,15-17,19,21H,7-10H2,1-2H3. The fraction of sp³-hybridized carbons (Fsp3) is 0.647. The van der Waals surface area contributed by atoms with Gasteiger partial charge in [-0.15, -0.1) is 0 Å². The van der Waals surface area contributed by atoms with Gasteiger partial charge in [-0.3, -0.25) is 4.90 Å². The van der Waals surface area contributed by atoms with Gasteiger partial charge in [-0.1, -0.05) is 12.1 Å². The molecule has 2 aliphatic rings. The first-order valence-electron chi connectivity index (χ1n) is 8.00. The minimum absolute atomic E-state index is 0.0354. The van der Waals surface area contributed by atoms with E-state index in [1.54, 1.807) is 12.1 Å². The lowest BCUT2D eigenvalue weighted by atomic mass is 10.0. The van der Waals surface area contributed by atoms with E-state index in [0.29, 0.717) is 12.1 Å². The monoisotopic (exact) mass is 292 g/mol. The van der Waals surface area contributed by atoms with Crippen LogP contribution in [0.2, 0.25) is 0 Å². The third-order valence-corrected chi connectivity index (χ3v) is 4.82. The van der Waals surface area contributed by atoms with Crippen LogP contribution >= 0.6 is 0 Å². The van der Waals surface area contributed by atoms with Crippen LogP contribution in [0.3, 0.4) is 0 Å². The van der Waals surface area contributed by atoms with Gasteiger partial charge in [0.15, 0.2) is 0 Å². The first-order valence-corrected chi connectivity index (χ1v) is 8.00. The van der Waals surface area contributed by atoms with E-state index in [2.05, 4.69) is 17.1 Å². The molecule has 0 radical (unpaired) electrons. The Morgan fingerprint density at radius 3 is 2.57 bits per heavy atom. The SMILES string of the molecule is CC(NC1CC(C)N(C2CC2)C1)C(O)c1ccc(F)cc1. The molecule has 1 aromatic carbocycles. The largest absolute Gasteiger partial charge is 0.387 e. The van der Waals surface area contributed by atoms with Crippen molar-refractivity contribution >= 4 is 0 Å². The highest BCUT2D eigenvalue weighted by Crippen LogP contribution is 2.33. The number of benzene rings is 1. The Kier molecular flexibility index (Phi) is 4.29. The highest BCUT2D eigenvalue weighted by Gasteiger charge is 2.39. The topological polar surface area (TPSA) is 35.5 Å². The van der Waals surface area contributed by atoms with E-state index in [-0.39, 0.29) is 11.9 Å². The number of likely N-dealkylation sites (tertiary alicyclic amines) is 1. The molecular formula is C17H25FN2O. The van der Waals surface area contributed by atoms with Gasteiger partial charge >= 0.3 is 0 Å². The smallest absolute Gasteiger partial charge is 0.123 e. The number of aliphatic hydroxyl groups excluding tert-OH is 1. The van der Waals surface area contributed by atoms with Crippen LogP contribution in [-0.4, -0.2) is 40.7 Å². The van der Waals surface area contributed by atoms with Crippen LogP contribution in [-0.2, 0) is 0 Å². The predicted molar refractivity (Wildman–Crippen MR) is 81.6 cm³/mol. The molecule has 1 aliphatic heterocycles. The number of hydrogen-bond acceptors (Lipinski definition) is 3. The van der Waals surface area contributed by atoms with Crippen molar-refractivity contribution in [3.05, 3.63) is 35.6 Å². The summed E-state index contributed by atoms with van der Waals surface area (Å²) in [5, 5.41) is 13.9. The molecule has 3 rings (SSSR count). The number of hydrogen-bond donors (Lipinski definition) is 2. The maximum Gasteiger partial charge on any atom is 0.123 e. The third kappa shape index (κ3) is 3.44. The van der Waals surface area contributed by atoms with Gasteiger partial charge in [0, 0.05) is 30.7 Å². The van der Waals surface area contributed by atoms with E-state index in [1.807, 2.05) is 6.92 Å². The molecule has 0 amide bonds. The van der Waals surface area contributed by atoms with Crippen LogP contribution in [0.1, 0.15) is 44.8 Å². The highest BCUT2D eigenvalue weighted by atomic mass is 19.1. The lowest BCUT2D eigenvalue weighted by Gasteiger charge is -2.25. The van der Waals surface area contributed by atoms with Crippen molar-refractivity contribution in [1.29, 1.82) is 0 Å². The van der Waals surface area contributed by atoms with Crippen molar-refractivity contribution < 1.29 is 9.50 Å². The van der Waals surface area contributed by atoms with E-state index >= 15 is 0 Å². The normalized spacial score (nSPS) is 29.5. The quantitative estimate of drug-likeness (QED) is 0.875. The van der Waals surface area contributed by atoms with Crippen LogP contribution in [0.15, 0.2) is 24.3 Å². The van der Waals surface area contributed by atoms with Gasteiger partial charge < -0.3 is 10.4 Å². The summed E-state index contributed by atoms with van der Waals surface area (Å²) in [4.78, 5) is 2.59. The Bertz CT molecular complexity index is 474. The molecule has 2 N–H and O–H groups in total. The Hall–Kier alpha value is -0.970. The second-order valence-corrected chi connectivity index (χ2v) is 6.66.